The van der Waals surface area contributed by atoms with Gasteiger partial charge in [-0.2, -0.15) is 0 Å². The molecule has 0 saturated carbocycles. The molecule has 0 atom stereocenters. The molecule has 0 radical (unpaired) electrons. The number of anilines is 3. The summed E-state index contributed by atoms with van der Waals surface area (Å²) in [5, 5.41) is 4.22. The second-order valence-corrected chi connectivity index (χ2v) is 6.50. The molecule has 7 heteroatoms. The number of rotatable bonds is 3. The van der Waals surface area contributed by atoms with Gasteiger partial charge in [0.1, 0.15) is 0 Å². The molecule has 0 saturated heterocycles. The topological polar surface area (TPSA) is 94.0 Å². The second-order valence-electron chi connectivity index (χ2n) is 5.01. The second kappa shape index (κ2) is 5.54. The number of nitrogen functional groups attached to an aromatic ring is 1. The molecular formula is C14H15ClN4OS. The smallest absolute Gasteiger partial charge is 0.250 e. The van der Waals surface area contributed by atoms with Crippen LogP contribution in [0.1, 0.15) is 33.8 Å². The molecular weight excluding hydrogens is 308 g/mol. The molecule has 1 aliphatic rings. The Bertz CT molecular complexity index is 690. The molecule has 5 nitrogen and oxygen atoms in total. The molecule has 3 rings (SSSR count). The lowest BCUT2D eigenvalue weighted by molar-refractivity contribution is 0.100. The van der Waals surface area contributed by atoms with Crippen LogP contribution in [-0.4, -0.2) is 10.9 Å². The lowest BCUT2D eigenvalue weighted by Gasteiger charge is -2.11. The molecule has 0 unspecified atom stereocenters. The fourth-order valence-electron chi connectivity index (χ4n) is 2.46. The summed E-state index contributed by atoms with van der Waals surface area (Å²) in [6.07, 6.45) is 4.44. The molecule has 1 aromatic heterocycles. The summed E-state index contributed by atoms with van der Waals surface area (Å²) in [5.74, 6) is -0.576. The normalized spacial score (nSPS) is 13.8. The molecule has 5 N–H and O–H groups in total. The van der Waals surface area contributed by atoms with Gasteiger partial charge in [0.15, 0.2) is 5.13 Å². The van der Waals surface area contributed by atoms with Gasteiger partial charge in [0.05, 0.1) is 22.0 Å². The first-order chi connectivity index (χ1) is 10.0. The number of aromatic nitrogens is 1. The van der Waals surface area contributed by atoms with Crippen molar-refractivity contribution in [3.05, 3.63) is 33.3 Å². The summed E-state index contributed by atoms with van der Waals surface area (Å²) in [4.78, 5) is 17.4. The highest BCUT2D eigenvalue weighted by molar-refractivity contribution is 7.15. The standard InChI is InChI=1S/C14H15ClN4OS/c15-9-6-7(16)5-8(13(17)20)12(9)19-14-18-10-3-1-2-4-11(10)21-14/h5-6H,1-4,16H2,(H2,17,20)(H,18,19). The lowest BCUT2D eigenvalue weighted by atomic mass is 10.0. The molecule has 1 aromatic carbocycles. The van der Waals surface area contributed by atoms with Crippen LogP contribution < -0.4 is 16.8 Å². The van der Waals surface area contributed by atoms with Crippen LogP contribution in [-0.2, 0) is 12.8 Å². The highest BCUT2D eigenvalue weighted by Gasteiger charge is 2.18. The number of halogens is 1. The Morgan fingerprint density at radius 2 is 2.10 bits per heavy atom. The van der Waals surface area contributed by atoms with Gasteiger partial charge in [-0.1, -0.05) is 11.6 Å². The minimum atomic E-state index is -0.576. The third-order valence-corrected chi connectivity index (χ3v) is 4.83. The van der Waals surface area contributed by atoms with Crippen LogP contribution in [0.3, 0.4) is 0 Å². The predicted molar refractivity (Wildman–Crippen MR) is 86.4 cm³/mol. The average molecular weight is 323 g/mol. The van der Waals surface area contributed by atoms with Gasteiger partial charge in [0.2, 0.25) is 0 Å². The van der Waals surface area contributed by atoms with E-state index in [0.29, 0.717) is 16.4 Å². The van der Waals surface area contributed by atoms with E-state index in [0.717, 1.165) is 23.7 Å². The van der Waals surface area contributed by atoms with Crippen molar-refractivity contribution in [2.24, 2.45) is 5.73 Å². The quantitative estimate of drug-likeness (QED) is 0.757. The van der Waals surface area contributed by atoms with Crippen LogP contribution in [0.5, 0.6) is 0 Å². The summed E-state index contributed by atoms with van der Waals surface area (Å²) in [6, 6.07) is 3.11. The number of nitrogens with zero attached hydrogens (tertiary/aromatic N) is 1. The molecule has 2 aromatic rings. The van der Waals surface area contributed by atoms with Crippen molar-refractivity contribution in [3.63, 3.8) is 0 Å². The maximum atomic E-state index is 11.6. The first-order valence-electron chi connectivity index (χ1n) is 6.69. The Labute approximate surface area is 131 Å². The van der Waals surface area contributed by atoms with Gasteiger partial charge in [-0.05, 0) is 37.8 Å². The van der Waals surface area contributed by atoms with Gasteiger partial charge in [0.25, 0.3) is 5.91 Å². The van der Waals surface area contributed by atoms with Crippen molar-refractivity contribution in [1.82, 2.24) is 4.98 Å². The highest BCUT2D eigenvalue weighted by atomic mass is 35.5. The zero-order valence-corrected chi connectivity index (χ0v) is 12.9. The number of benzene rings is 1. The predicted octanol–water partition coefficient (Wildman–Crippen LogP) is 3.10. The number of thiazole rings is 1. The van der Waals surface area contributed by atoms with Crippen molar-refractivity contribution in [2.75, 3.05) is 11.1 Å². The minimum Gasteiger partial charge on any atom is -0.399 e. The zero-order chi connectivity index (χ0) is 15.0. The van der Waals surface area contributed by atoms with Gasteiger partial charge in [-0.25, -0.2) is 4.98 Å². The van der Waals surface area contributed by atoms with E-state index >= 15 is 0 Å². The maximum Gasteiger partial charge on any atom is 0.250 e. The lowest BCUT2D eigenvalue weighted by Crippen LogP contribution is -2.14. The van der Waals surface area contributed by atoms with Gasteiger partial charge in [0, 0.05) is 10.6 Å². The van der Waals surface area contributed by atoms with Crippen molar-refractivity contribution in [3.8, 4) is 0 Å². The first-order valence-corrected chi connectivity index (χ1v) is 7.88. The van der Waals surface area contributed by atoms with Crippen LogP contribution in [0.4, 0.5) is 16.5 Å². The summed E-state index contributed by atoms with van der Waals surface area (Å²) in [5.41, 5.74) is 13.4. The number of fused-ring (bicyclic) bond motifs is 1. The Kier molecular flexibility index (Phi) is 3.73. The highest BCUT2D eigenvalue weighted by Crippen LogP contribution is 2.35. The number of primary amides is 1. The number of carbonyl (C=O) groups is 1. The van der Waals surface area contributed by atoms with Gasteiger partial charge in [-0.3, -0.25) is 4.79 Å². The third-order valence-electron chi connectivity index (χ3n) is 3.46. The SMILES string of the molecule is NC(=O)c1cc(N)cc(Cl)c1Nc1nc2c(s1)CCCC2. The van der Waals surface area contributed by atoms with Crippen LogP contribution in [0.15, 0.2) is 12.1 Å². The molecule has 0 fully saturated rings. The number of amides is 1. The van der Waals surface area contributed by atoms with E-state index in [1.807, 2.05) is 0 Å². The van der Waals surface area contributed by atoms with Crippen LogP contribution in [0.2, 0.25) is 5.02 Å². The van der Waals surface area contributed by atoms with Crippen LogP contribution in [0.25, 0.3) is 0 Å². The Balaban J connectivity index is 1.97. The van der Waals surface area contributed by atoms with Crippen LogP contribution >= 0.6 is 22.9 Å². The molecule has 0 aliphatic heterocycles. The van der Waals surface area contributed by atoms with E-state index in [1.54, 1.807) is 17.4 Å². The van der Waals surface area contributed by atoms with Gasteiger partial charge in [-0.15, -0.1) is 11.3 Å². The molecule has 1 amide bonds. The molecule has 0 spiro atoms. The van der Waals surface area contributed by atoms with Crippen LogP contribution in [0, 0.1) is 0 Å². The van der Waals surface area contributed by atoms with E-state index < -0.39 is 5.91 Å². The number of carbonyl (C=O) groups excluding carboxylic acids is 1. The molecule has 21 heavy (non-hydrogen) atoms. The van der Waals surface area contributed by atoms with E-state index in [-0.39, 0.29) is 5.56 Å². The van der Waals surface area contributed by atoms with E-state index in [9.17, 15) is 4.79 Å². The number of aryl methyl sites for hydroxylation is 2. The van der Waals surface area contributed by atoms with Crippen molar-refractivity contribution >= 4 is 45.4 Å². The summed E-state index contributed by atoms with van der Waals surface area (Å²) in [7, 11) is 0. The number of hydrogen-bond donors (Lipinski definition) is 3. The first kappa shape index (κ1) is 14.2. The zero-order valence-electron chi connectivity index (χ0n) is 11.3. The van der Waals surface area contributed by atoms with E-state index in [1.165, 1.54) is 23.8 Å². The van der Waals surface area contributed by atoms with E-state index in [4.69, 9.17) is 23.1 Å². The monoisotopic (exact) mass is 322 g/mol. The molecule has 1 aliphatic carbocycles. The molecule has 110 valence electrons. The summed E-state index contributed by atoms with van der Waals surface area (Å²) < 4.78 is 0. The fourth-order valence-corrected chi connectivity index (χ4v) is 3.79. The van der Waals surface area contributed by atoms with E-state index in [2.05, 4.69) is 10.3 Å². The summed E-state index contributed by atoms with van der Waals surface area (Å²) >= 11 is 7.78. The minimum absolute atomic E-state index is 0.271. The fraction of sp³-hybridized carbons (Fsp3) is 0.286. The number of nitrogens with two attached hydrogens (primary N) is 2. The largest absolute Gasteiger partial charge is 0.399 e. The molecule has 0 bridgehead atoms. The average Bonchev–Trinajstić information content (AvgIpc) is 2.83. The maximum absolute atomic E-state index is 11.6. The van der Waals surface area contributed by atoms with Crippen molar-refractivity contribution < 1.29 is 4.79 Å². The Morgan fingerprint density at radius 1 is 1.33 bits per heavy atom. The number of hydrogen-bond acceptors (Lipinski definition) is 5. The Morgan fingerprint density at radius 3 is 2.81 bits per heavy atom. The Hall–Kier alpha value is -1.79. The number of nitrogens with one attached hydrogen (secondary N) is 1. The van der Waals surface area contributed by atoms with Crippen molar-refractivity contribution in [2.45, 2.75) is 25.7 Å². The van der Waals surface area contributed by atoms with Gasteiger partial charge < -0.3 is 16.8 Å². The third kappa shape index (κ3) is 2.82. The van der Waals surface area contributed by atoms with Gasteiger partial charge >= 0.3 is 0 Å². The molecule has 1 heterocycles. The van der Waals surface area contributed by atoms with Crippen molar-refractivity contribution in [1.29, 1.82) is 0 Å². The summed E-state index contributed by atoms with van der Waals surface area (Å²) in [6.45, 7) is 0.